The van der Waals surface area contributed by atoms with Crippen LogP contribution in [0.3, 0.4) is 0 Å². The van der Waals surface area contributed by atoms with Gasteiger partial charge in [0.1, 0.15) is 11.5 Å². The summed E-state index contributed by atoms with van der Waals surface area (Å²) in [6, 6.07) is 12.9. The van der Waals surface area contributed by atoms with Crippen molar-refractivity contribution in [1.29, 1.82) is 0 Å². The standard InChI is InChI=1S/C20H21N3O4/c1-13-5-4-6-14(2)20(13)26-11-18(24)22-16-7-9-17(10-8-16)25-12-19-21-15(3)23-27-19/h4-10H,11-12H2,1-3H3,(H,22,24). The van der Waals surface area contributed by atoms with E-state index >= 15 is 0 Å². The monoisotopic (exact) mass is 367 g/mol. The minimum absolute atomic E-state index is 0.0551. The molecule has 0 aliphatic heterocycles. The number of ether oxygens (including phenoxy) is 2. The van der Waals surface area contributed by atoms with Gasteiger partial charge in [-0.1, -0.05) is 23.4 Å². The Balaban J connectivity index is 1.49. The lowest BCUT2D eigenvalue weighted by atomic mass is 10.1. The SMILES string of the molecule is Cc1noc(COc2ccc(NC(=O)COc3c(C)cccc3C)cc2)n1. The molecule has 27 heavy (non-hydrogen) atoms. The fourth-order valence-electron chi connectivity index (χ4n) is 2.54. The van der Waals surface area contributed by atoms with Crippen molar-refractivity contribution in [3.05, 3.63) is 65.3 Å². The lowest BCUT2D eigenvalue weighted by molar-refractivity contribution is -0.118. The van der Waals surface area contributed by atoms with Gasteiger partial charge in [-0.2, -0.15) is 4.98 Å². The molecule has 0 aliphatic rings. The van der Waals surface area contributed by atoms with Crippen molar-refractivity contribution in [3.8, 4) is 11.5 Å². The van der Waals surface area contributed by atoms with Crippen molar-refractivity contribution in [1.82, 2.24) is 10.1 Å². The smallest absolute Gasteiger partial charge is 0.264 e. The largest absolute Gasteiger partial charge is 0.484 e. The van der Waals surface area contributed by atoms with Gasteiger partial charge in [0.05, 0.1) is 0 Å². The zero-order valence-corrected chi connectivity index (χ0v) is 15.5. The highest BCUT2D eigenvalue weighted by Crippen LogP contribution is 2.22. The van der Waals surface area contributed by atoms with Gasteiger partial charge in [0, 0.05) is 5.69 Å². The second kappa shape index (κ2) is 8.35. The molecule has 7 nitrogen and oxygen atoms in total. The molecule has 0 saturated carbocycles. The van der Waals surface area contributed by atoms with E-state index in [1.54, 1.807) is 31.2 Å². The molecule has 0 aliphatic carbocycles. The highest BCUT2D eigenvalue weighted by Gasteiger charge is 2.08. The zero-order valence-electron chi connectivity index (χ0n) is 15.5. The maximum atomic E-state index is 12.1. The second-order valence-corrected chi connectivity index (χ2v) is 6.11. The van der Waals surface area contributed by atoms with Crippen LogP contribution in [0, 0.1) is 20.8 Å². The number of aryl methyl sites for hydroxylation is 3. The number of anilines is 1. The van der Waals surface area contributed by atoms with Crippen molar-refractivity contribution in [2.24, 2.45) is 0 Å². The van der Waals surface area contributed by atoms with E-state index < -0.39 is 0 Å². The van der Waals surface area contributed by atoms with Gasteiger partial charge in [0.2, 0.25) is 0 Å². The van der Waals surface area contributed by atoms with Crippen molar-refractivity contribution in [3.63, 3.8) is 0 Å². The first-order chi connectivity index (χ1) is 13.0. The van der Waals surface area contributed by atoms with Crippen LogP contribution < -0.4 is 14.8 Å². The average molecular weight is 367 g/mol. The first-order valence-corrected chi connectivity index (χ1v) is 8.52. The number of para-hydroxylation sites is 1. The van der Waals surface area contributed by atoms with Crippen LogP contribution in [0.25, 0.3) is 0 Å². The zero-order chi connectivity index (χ0) is 19.2. The lowest BCUT2D eigenvalue weighted by Gasteiger charge is -2.12. The topological polar surface area (TPSA) is 86.5 Å². The molecule has 0 spiro atoms. The summed E-state index contributed by atoms with van der Waals surface area (Å²) in [7, 11) is 0. The number of amides is 1. The Kier molecular flexibility index (Phi) is 5.71. The Hall–Kier alpha value is -3.35. The summed E-state index contributed by atoms with van der Waals surface area (Å²) in [5.41, 5.74) is 2.66. The Morgan fingerprint density at radius 1 is 1.04 bits per heavy atom. The van der Waals surface area contributed by atoms with Gasteiger partial charge in [-0.05, 0) is 56.2 Å². The molecule has 7 heteroatoms. The molecule has 1 aromatic heterocycles. The molecule has 0 saturated heterocycles. The third-order valence-corrected chi connectivity index (χ3v) is 3.83. The minimum atomic E-state index is -0.229. The van der Waals surface area contributed by atoms with E-state index in [9.17, 15) is 4.79 Å². The van der Waals surface area contributed by atoms with Gasteiger partial charge in [-0.25, -0.2) is 0 Å². The Labute approximate surface area is 157 Å². The average Bonchev–Trinajstić information content (AvgIpc) is 3.06. The number of rotatable bonds is 7. The summed E-state index contributed by atoms with van der Waals surface area (Å²) in [5.74, 6) is 2.12. The van der Waals surface area contributed by atoms with E-state index in [0.29, 0.717) is 23.2 Å². The maximum absolute atomic E-state index is 12.1. The normalized spacial score (nSPS) is 10.5. The third kappa shape index (κ3) is 5.07. The quantitative estimate of drug-likeness (QED) is 0.687. The van der Waals surface area contributed by atoms with Crippen LogP contribution in [0.15, 0.2) is 47.0 Å². The number of hydrogen-bond donors (Lipinski definition) is 1. The summed E-state index contributed by atoms with van der Waals surface area (Å²) in [5, 5.41) is 6.50. The van der Waals surface area contributed by atoms with Gasteiger partial charge < -0.3 is 19.3 Å². The molecule has 0 unspecified atom stereocenters. The molecule has 2 aromatic carbocycles. The van der Waals surface area contributed by atoms with Crippen LogP contribution in [-0.4, -0.2) is 22.7 Å². The fraction of sp³-hybridized carbons (Fsp3) is 0.250. The van der Waals surface area contributed by atoms with E-state index in [1.165, 1.54) is 0 Å². The van der Waals surface area contributed by atoms with E-state index in [1.807, 2.05) is 32.0 Å². The first-order valence-electron chi connectivity index (χ1n) is 8.52. The van der Waals surface area contributed by atoms with Crippen LogP contribution in [0.5, 0.6) is 11.5 Å². The summed E-state index contributed by atoms with van der Waals surface area (Å²) >= 11 is 0. The molecule has 1 heterocycles. The van der Waals surface area contributed by atoms with E-state index in [-0.39, 0.29) is 19.1 Å². The Morgan fingerprint density at radius 2 is 1.74 bits per heavy atom. The van der Waals surface area contributed by atoms with Crippen LogP contribution in [0.2, 0.25) is 0 Å². The molecule has 0 atom stereocenters. The van der Waals surface area contributed by atoms with E-state index in [0.717, 1.165) is 16.9 Å². The molecule has 140 valence electrons. The number of benzene rings is 2. The van der Waals surface area contributed by atoms with Crippen LogP contribution >= 0.6 is 0 Å². The molecule has 0 fully saturated rings. The number of hydrogen-bond acceptors (Lipinski definition) is 6. The first kappa shape index (κ1) is 18.4. The van der Waals surface area contributed by atoms with E-state index in [4.69, 9.17) is 14.0 Å². The van der Waals surface area contributed by atoms with Gasteiger partial charge in [0.15, 0.2) is 19.0 Å². The summed E-state index contributed by atoms with van der Waals surface area (Å²) < 4.78 is 16.2. The van der Waals surface area contributed by atoms with Crippen molar-refractivity contribution in [2.75, 3.05) is 11.9 Å². The number of nitrogens with one attached hydrogen (secondary N) is 1. The van der Waals surface area contributed by atoms with E-state index in [2.05, 4.69) is 15.5 Å². The van der Waals surface area contributed by atoms with Gasteiger partial charge in [0.25, 0.3) is 11.8 Å². The van der Waals surface area contributed by atoms with Crippen LogP contribution in [-0.2, 0) is 11.4 Å². The fourth-order valence-corrected chi connectivity index (χ4v) is 2.54. The number of carbonyl (C=O) groups excluding carboxylic acids is 1. The maximum Gasteiger partial charge on any atom is 0.264 e. The highest BCUT2D eigenvalue weighted by atomic mass is 16.5. The number of carbonyl (C=O) groups is 1. The molecule has 3 aromatic rings. The van der Waals surface area contributed by atoms with Crippen molar-refractivity contribution < 1.29 is 18.8 Å². The molecule has 1 N–H and O–H groups in total. The van der Waals surface area contributed by atoms with Crippen molar-refractivity contribution in [2.45, 2.75) is 27.4 Å². The highest BCUT2D eigenvalue weighted by molar-refractivity contribution is 5.91. The minimum Gasteiger partial charge on any atom is -0.484 e. The molecular formula is C20H21N3O4. The van der Waals surface area contributed by atoms with Crippen LogP contribution in [0.1, 0.15) is 22.8 Å². The predicted molar refractivity (Wildman–Crippen MR) is 99.8 cm³/mol. The van der Waals surface area contributed by atoms with Gasteiger partial charge in [-0.3, -0.25) is 4.79 Å². The predicted octanol–water partition coefficient (Wildman–Crippen LogP) is 3.59. The lowest BCUT2D eigenvalue weighted by Crippen LogP contribution is -2.20. The molecule has 0 radical (unpaired) electrons. The molecule has 3 rings (SSSR count). The summed E-state index contributed by atoms with van der Waals surface area (Å²) in [6.07, 6.45) is 0. The number of nitrogens with zero attached hydrogens (tertiary/aromatic N) is 2. The Morgan fingerprint density at radius 3 is 2.37 bits per heavy atom. The molecule has 1 amide bonds. The summed E-state index contributed by atoms with van der Waals surface area (Å²) in [4.78, 5) is 16.2. The molecular weight excluding hydrogens is 346 g/mol. The molecule has 0 bridgehead atoms. The van der Waals surface area contributed by atoms with Crippen LogP contribution in [0.4, 0.5) is 5.69 Å². The Bertz CT molecular complexity index is 899. The summed E-state index contributed by atoms with van der Waals surface area (Å²) in [6.45, 7) is 5.79. The third-order valence-electron chi connectivity index (χ3n) is 3.83. The number of aromatic nitrogens is 2. The van der Waals surface area contributed by atoms with Gasteiger partial charge >= 0.3 is 0 Å². The second-order valence-electron chi connectivity index (χ2n) is 6.11. The van der Waals surface area contributed by atoms with Gasteiger partial charge in [-0.15, -0.1) is 0 Å². The van der Waals surface area contributed by atoms with Crippen molar-refractivity contribution >= 4 is 11.6 Å².